The fourth-order valence-corrected chi connectivity index (χ4v) is 3.01. The summed E-state index contributed by atoms with van der Waals surface area (Å²) in [4.78, 5) is -0.354. The Balaban J connectivity index is 2.18. The highest BCUT2D eigenvalue weighted by molar-refractivity contribution is 6.32. The molecule has 5 heteroatoms. The Labute approximate surface area is 165 Å². The molecule has 2 rings (SSSR count). The molecule has 3 nitrogen and oxygen atoms in total. The largest absolute Gasteiger partial charge is 0.397 e. The van der Waals surface area contributed by atoms with Gasteiger partial charge in [-0.2, -0.15) is 0 Å². The van der Waals surface area contributed by atoms with Crippen LogP contribution in [0.25, 0.3) is 5.70 Å². The number of benzene rings is 2. The van der Waals surface area contributed by atoms with E-state index in [0.29, 0.717) is 22.8 Å². The molecule has 0 fully saturated rings. The van der Waals surface area contributed by atoms with Gasteiger partial charge < -0.3 is 16.4 Å². The van der Waals surface area contributed by atoms with Gasteiger partial charge in [0.1, 0.15) is 0 Å². The molecule has 0 unspecified atom stereocenters. The number of nitrogens with two attached hydrogens (primary N) is 1. The summed E-state index contributed by atoms with van der Waals surface area (Å²) in [5.74, 6) is 0. The lowest BCUT2D eigenvalue weighted by molar-refractivity contribution is 0.692. The van der Waals surface area contributed by atoms with Crippen LogP contribution in [0.1, 0.15) is 31.4 Å². The van der Waals surface area contributed by atoms with Crippen molar-refractivity contribution in [3.63, 3.8) is 0 Å². The predicted molar refractivity (Wildman–Crippen MR) is 117 cm³/mol. The van der Waals surface area contributed by atoms with Gasteiger partial charge in [-0.05, 0) is 56.7 Å². The van der Waals surface area contributed by atoms with E-state index < -0.39 is 0 Å². The Hall–Kier alpha value is -2.10. The number of rotatable bonds is 7. The van der Waals surface area contributed by atoms with Crippen LogP contribution in [0.2, 0.25) is 5.02 Å². The summed E-state index contributed by atoms with van der Waals surface area (Å²) in [6, 6.07) is 11.5. The number of halogens is 2. The van der Waals surface area contributed by atoms with E-state index in [2.05, 4.69) is 23.8 Å². The van der Waals surface area contributed by atoms with Crippen LogP contribution < -0.4 is 16.4 Å². The Morgan fingerprint density at radius 1 is 1.12 bits per heavy atom. The van der Waals surface area contributed by atoms with Gasteiger partial charge in [-0.15, -0.1) is 11.6 Å². The Bertz CT molecular complexity index is 836. The smallest absolute Gasteiger partial charge is 0.0618 e. The van der Waals surface area contributed by atoms with Crippen LogP contribution in [0, 0.1) is 6.92 Å². The summed E-state index contributed by atoms with van der Waals surface area (Å²) in [6.45, 7) is 14.0. The molecular weight excluding hydrogens is 365 g/mol. The van der Waals surface area contributed by atoms with E-state index in [1.165, 1.54) is 0 Å². The zero-order chi connectivity index (χ0) is 19.5. The average molecular weight is 390 g/mol. The zero-order valence-corrected chi connectivity index (χ0v) is 16.9. The fourth-order valence-electron chi connectivity index (χ4n) is 2.62. The van der Waals surface area contributed by atoms with Gasteiger partial charge in [0.2, 0.25) is 0 Å². The quantitative estimate of drug-likeness (QED) is 0.367. The van der Waals surface area contributed by atoms with Crippen LogP contribution in [-0.2, 0) is 0 Å². The first-order valence-electron chi connectivity index (χ1n) is 8.31. The van der Waals surface area contributed by atoms with Crippen molar-refractivity contribution in [1.29, 1.82) is 0 Å². The molecule has 2 aromatic carbocycles. The van der Waals surface area contributed by atoms with E-state index in [0.717, 1.165) is 28.2 Å². The molecule has 138 valence electrons. The number of hydrogen-bond acceptors (Lipinski definition) is 3. The predicted octanol–water partition coefficient (Wildman–Crippen LogP) is 6.65. The second-order valence-corrected chi connectivity index (χ2v) is 8.44. The number of nitrogens with one attached hydrogen (secondary N) is 2. The molecule has 0 atom stereocenters. The number of anilines is 3. The van der Waals surface area contributed by atoms with E-state index in [9.17, 15) is 0 Å². The van der Waals surface area contributed by atoms with E-state index >= 15 is 0 Å². The van der Waals surface area contributed by atoms with Crippen LogP contribution in [-0.4, -0.2) is 4.87 Å². The van der Waals surface area contributed by atoms with Gasteiger partial charge in [-0.25, -0.2) is 0 Å². The topological polar surface area (TPSA) is 50.1 Å². The molecule has 0 radical (unpaired) electrons. The molecular formula is C21H25Cl2N3. The second kappa shape index (κ2) is 8.07. The van der Waals surface area contributed by atoms with Crippen molar-refractivity contribution < 1.29 is 0 Å². The Morgan fingerprint density at radius 3 is 2.42 bits per heavy atom. The minimum Gasteiger partial charge on any atom is -0.397 e. The minimum atomic E-state index is -0.354. The molecule has 0 saturated heterocycles. The Kier molecular flexibility index (Phi) is 6.27. The van der Waals surface area contributed by atoms with Crippen LogP contribution in [0.3, 0.4) is 0 Å². The lowest BCUT2D eigenvalue weighted by Crippen LogP contribution is -2.14. The van der Waals surface area contributed by atoms with Gasteiger partial charge in [0.15, 0.2) is 0 Å². The maximum atomic E-state index is 6.36. The summed E-state index contributed by atoms with van der Waals surface area (Å²) < 4.78 is 0. The van der Waals surface area contributed by atoms with E-state index in [-0.39, 0.29) is 4.87 Å². The second-order valence-electron chi connectivity index (χ2n) is 7.01. The van der Waals surface area contributed by atoms with Gasteiger partial charge in [0, 0.05) is 33.9 Å². The molecule has 4 N–H and O–H groups in total. The third kappa shape index (κ3) is 5.72. The first-order chi connectivity index (χ1) is 12.0. The SMILES string of the molecule is C=C(CC(C)(C)Cl)Nc1ccc(Cl)c(C(=C)Nc2ccc(C)cc2N)c1. The number of hydrogen-bond donors (Lipinski definition) is 3. The van der Waals surface area contributed by atoms with Crippen molar-refractivity contribution in [2.24, 2.45) is 0 Å². The average Bonchev–Trinajstić information content (AvgIpc) is 2.50. The minimum absolute atomic E-state index is 0.354. The lowest BCUT2D eigenvalue weighted by atomic mass is 10.1. The number of allylic oxidation sites excluding steroid dienone is 1. The van der Waals surface area contributed by atoms with Crippen LogP contribution >= 0.6 is 23.2 Å². The van der Waals surface area contributed by atoms with Crippen molar-refractivity contribution in [2.75, 3.05) is 16.4 Å². The molecule has 26 heavy (non-hydrogen) atoms. The van der Waals surface area contributed by atoms with Gasteiger partial charge in [-0.3, -0.25) is 0 Å². The van der Waals surface area contributed by atoms with Crippen molar-refractivity contribution in [2.45, 2.75) is 32.1 Å². The molecule has 0 aliphatic heterocycles. The molecule has 0 aliphatic rings. The van der Waals surface area contributed by atoms with E-state index in [1.807, 2.05) is 57.2 Å². The molecule has 0 aromatic heterocycles. The third-order valence-electron chi connectivity index (χ3n) is 3.74. The fraction of sp³-hybridized carbons (Fsp3) is 0.238. The molecule has 0 bridgehead atoms. The highest BCUT2D eigenvalue weighted by atomic mass is 35.5. The zero-order valence-electron chi connectivity index (χ0n) is 15.4. The first-order valence-corrected chi connectivity index (χ1v) is 9.06. The summed E-state index contributed by atoms with van der Waals surface area (Å²) in [5.41, 5.74) is 11.8. The van der Waals surface area contributed by atoms with Crippen LogP contribution in [0.15, 0.2) is 55.3 Å². The number of aryl methyl sites for hydroxylation is 1. The standard InChI is InChI=1S/C21H25Cl2N3/c1-13-6-9-20(19(24)10-13)26-15(3)17-11-16(7-8-18(17)22)25-14(2)12-21(4,5)23/h6-11,25-26H,2-3,12,24H2,1,4-5H3. The van der Waals surface area contributed by atoms with Crippen LogP contribution in [0.4, 0.5) is 17.1 Å². The number of alkyl halides is 1. The highest BCUT2D eigenvalue weighted by Crippen LogP contribution is 2.30. The summed E-state index contributed by atoms with van der Waals surface area (Å²) >= 11 is 12.6. The van der Waals surface area contributed by atoms with Crippen molar-refractivity contribution in [1.82, 2.24) is 0 Å². The maximum Gasteiger partial charge on any atom is 0.0618 e. The summed E-state index contributed by atoms with van der Waals surface area (Å²) in [5, 5.41) is 7.11. The van der Waals surface area contributed by atoms with Crippen molar-refractivity contribution >= 4 is 46.0 Å². The van der Waals surface area contributed by atoms with Crippen LogP contribution in [0.5, 0.6) is 0 Å². The first kappa shape index (κ1) is 20.2. The van der Waals surface area contributed by atoms with Gasteiger partial charge in [0.25, 0.3) is 0 Å². The molecule has 0 heterocycles. The van der Waals surface area contributed by atoms with Gasteiger partial charge in [-0.1, -0.05) is 30.8 Å². The Morgan fingerprint density at radius 2 is 1.81 bits per heavy atom. The summed E-state index contributed by atoms with van der Waals surface area (Å²) in [7, 11) is 0. The third-order valence-corrected chi connectivity index (χ3v) is 4.20. The highest BCUT2D eigenvalue weighted by Gasteiger charge is 2.15. The molecule has 2 aromatic rings. The molecule has 0 amide bonds. The van der Waals surface area contributed by atoms with Gasteiger partial charge >= 0.3 is 0 Å². The molecule has 0 spiro atoms. The maximum absolute atomic E-state index is 6.36. The monoisotopic (exact) mass is 389 g/mol. The van der Waals surface area contributed by atoms with E-state index in [4.69, 9.17) is 28.9 Å². The van der Waals surface area contributed by atoms with E-state index in [1.54, 1.807) is 0 Å². The molecule has 0 aliphatic carbocycles. The normalized spacial score (nSPS) is 11.1. The lowest BCUT2D eigenvalue weighted by Gasteiger charge is -2.19. The van der Waals surface area contributed by atoms with Crippen molar-refractivity contribution in [3.8, 4) is 0 Å². The summed E-state index contributed by atoms with van der Waals surface area (Å²) in [6.07, 6.45) is 0.644. The molecule has 0 saturated carbocycles. The number of nitrogen functional groups attached to an aromatic ring is 1. The van der Waals surface area contributed by atoms with Gasteiger partial charge in [0.05, 0.1) is 16.4 Å². The van der Waals surface area contributed by atoms with Crippen molar-refractivity contribution in [3.05, 3.63) is 71.4 Å².